The average molecular weight is 412 g/mol. The van der Waals surface area contributed by atoms with E-state index in [4.69, 9.17) is 25.0 Å². The summed E-state index contributed by atoms with van der Waals surface area (Å²) in [5, 5.41) is 30.5. The molecule has 0 aliphatic rings. The lowest BCUT2D eigenvalue weighted by Gasteiger charge is -1.95. The number of carbonyl (C=O) groups excluding carboxylic acids is 1. The highest BCUT2D eigenvalue weighted by molar-refractivity contribution is 7.85. The number of carboxylic acid groups (broad SMARTS) is 2. The summed E-state index contributed by atoms with van der Waals surface area (Å²) in [7, 11) is -4.22. The number of thiol groups is 2. The predicted molar refractivity (Wildman–Crippen MR) is 89.9 cm³/mol. The van der Waals surface area contributed by atoms with E-state index in [1.165, 1.54) is 0 Å². The van der Waals surface area contributed by atoms with E-state index >= 15 is 0 Å². The molecule has 0 amide bonds. The lowest BCUT2D eigenvalue weighted by atomic mass is 10.7. The van der Waals surface area contributed by atoms with Crippen molar-refractivity contribution in [3.8, 4) is 0 Å². The molecule has 0 aromatic carbocycles. The summed E-state index contributed by atoms with van der Waals surface area (Å²) < 4.78 is 31.8. The molecule has 0 aromatic heterocycles. The van der Waals surface area contributed by atoms with Gasteiger partial charge in [0, 0.05) is 6.08 Å². The van der Waals surface area contributed by atoms with Crippen LogP contribution in [0.25, 0.3) is 0 Å². The molecule has 0 aromatic rings. The van der Waals surface area contributed by atoms with Crippen molar-refractivity contribution in [2.45, 2.75) is 0 Å². The first-order valence-corrected chi connectivity index (χ1v) is 8.40. The maximum absolute atomic E-state index is 10.1. The van der Waals surface area contributed by atoms with Gasteiger partial charge in [0.1, 0.15) is 0 Å². The van der Waals surface area contributed by atoms with Crippen LogP contribution in [-0.2, 0) is 29.2 Å². The molecule has 0 heterocycles. The van der Waals surface area contributed by atoms with E-state index in [9.17, 15) is 22.8 Å². The molecule has 0 aliphatic heterocycles. The Hall–Kier alpha value is -1.32. The number of hydrogen-bond acceptors (Lipinski definition) is 10. The van der Waals surface area contributed by atoms with Gasteiger partial charge in [-0.25, -0.2) is 4.79 Å². The molecule has 0 fully saturated rings. The van der Waals surface area contributed by atoms with Gasteiger partial charge in [-0.3, -0.25) is 14.1 Å². The monoisotopic (exact) mass is 412 g/mol. The Morgan fingerprint density at radius 1 is 1.00 bits per heavy atom. The number of ether oxygens (including phenoxy) is 1. The lowest BCUT2D eigenvalue weighted by molar-refractivity contribution is -0.136. The quantitative estimate of drug-likeness (QED) is 0.116. The van der Waals surface area contributed by atoms with Crippen LogP contribution in [0.5, 0.6) is 0 Å². The molecule has 24 heavy (non-hydrogen) atoms. The number of hydrogen-bond donors (Lipinski definition) is 7. The Kier molecular flexibility index (Phi) is 27.6. The Bertz CT molecular complexity index is 431. The molecule has 0 saturated carbocycles. The zero-order valence-electron chi connectivity index (χ0n) is 12.3. The van der Waals surface area contributed by atoms with E-state index in [1.807, 2.05) is 0 Å². The summed E-state index contributed by atoms with van der Waals surface area (Å²) in [5.41, 5.74) is 0. The second-order valence-corrected chi connectivity index (χ2v) is 4.95. The van der Waals surface area contributed by atoms with Crippen LogP contribution in [0.2, 0.25) is 0 Å². The molecule has 0 atom stereocenters. The largest absolute Gasteiger partial charge is 0.481 e. The van der Waals surface area contributed by atoms with Gasteiger partial charge in [0.05, 0.1) is 24.7 Å². The SMILES string of the molecule is C=CC(=O)OCS(=O)(=O)O.O=C(O)CS.O=C(O)CS.OCCO. The average Bonchev–Trinajstić information content (AvgIpc) is 2.53. The number of rotatable bonds is 6. The second kappa shape index (κ2) is 21.7. The third kappa shape index (κ3) is 58.7. The topological polar surface area (TPSA) is 196 Å². The van der Waals surface area contributed by atoms with Gasteiger partial charge in [0.2, 0.25) is 5.94 Å². The molecule has 14 heteroatoms. The Morgan fingerprint density at radius 2 is 1.29 bits per heavy atom. The van der Waals surface area contributed by atoms with Crippen molar-refractivity contribution in [3.63, 3.8) is 0 Å². The lowest BCUT2D eigenvalue weighted by Crippen LogP contribution is -2.11. The maximum Gasteiger partial charge on any atom is 0.331 e. The molecule has 5 N–H and O–H groups in total. The van der Waals surface area contributed by atoms with Gasteiger partial charge in [-0.2, -0.15) is 33.7 Å². The van der Waals surface area contributed by atoms with Crippen molar-refractivity contribution >= 4 is 53.3 Å². The number of aliphatic hydroxyl groups excluding tert-OH is 2. The highest BCUT2D eigenvalue weighted by atomic mass is 32.2. The Labute approximate surface area is 149 Å². The van der Waals surface area contributed by atoms with Gasteiger partial charge in [0.25, 0.3) is 0 Å². The Balaban J connectivity index is -0.000000121. The number of carboxylic acids is 2. The fourth-order valence-electron chi connectivity index (χ4n) is 0.191. The van der Waals surface area contributed by atoms with Crippen LogP contribution in [-0.4, -0.2) is 82.0 Å². The molecule has 0 unspecified atom stereocenters. The standard InChI is InChI=1S/C4H6O5S.2C2H4O2S.C2H6O2/c1-2-4(5)9-3-10(6,7)8;2*3-2(4)1-5;3-1-2-4/h2H,1,3H2,(H,6,7,8);2*5H,1H2,(H,3,4);3-4H,1-2H2. The number of esters is 1. The molecule has 0 saturated heterocycles. The third-order valence-electron chi connectivity index (χ3n) is 0.887. The predicted octanol–water partition coefficient (Wildman–Crippen LogP) is -1.47. The summed E-state index contributed by atoms with van der Waals surface area (Å²) in [6, 6.07) is 0. The smallest absolute Gasteiger partial charge is 0.331 e. The van der Waals surface area contributed by atoms with Crippen molar-refractivity contribution in [3.05, 3.63) is 12.7 Å². The highest BCUT2D eigenvalue weighted by Gasteiger charge is 2.06. The van der Waals surface area contributed by atoms with Gasteiger partial charge in [-0.1, -0.05) is 6.58 Å². The van der Waals surface area contributed by atoms with E-state index < -0.39 is 34.0 Å². The van der Waals surface area contributed by atoms with Crippen molar-refractivity contribution in [1.82, 2.24) is 0 Å². The summed E-state index contributed by atoms with van der Waals surface area (Å²) >= 11 is 6.83. The van der Waals surface area contributed by atoms with Gasteiger partial charge >= 0.3 is 28.0 Å². The zero-order valence-corrected chi connectivity index (χ0v) is 14.9. The van der Waals surface area contributed by atoms with Crippen LogP contribution < -0.4 is 0 Å². The summed E-state index contributed by atoms with van der Waals surface area (Å²) in [5.74, 6) is -3.85. The van der Waals surface area contributed by atoms with Crippen molar-refractivity contribution < 1.29 is 52.5 Å². The molecule has 11 nitrogen and oxygen atoms in total. The summed E-state index contributed by atoms with van der Waals surface area (Å²) in [6.45, 7) is 2.76. The molecule has 0 radical (unpaired) electrons. The van der Waals surface area contributed by atoms with E-state index in [0.29, 0.717) is 0 Å². The van der Waals surface area contributed by atoms with Crippen LogP contribution in [0.4, 0.5) is 0 Å². The Morgan fingerprint density at radius 3 is 1.42 bits per heavy atom. The highest BCUT2D eigenvalue weighted by Crippen LogP contribution is 1.85. The number of aliphatic carboxylic acids is 2. The molecular weight excluding hydrogens is 392 g/mol. The van der Waals surface area contributed by atoms with Crippen LogP contribution >= 0.6 is 25.3 Å². The maximum atomic E-state index is 10.1. The first-order valence-electron chi connectivity index (χ1n) is 5.53. The summed E-state index contributed by atoms with van der Waals surface area (Å²) in [6.07, 6.45) is 0.797. The fraction of sp³-hybridized carbons (Fsp3) is 0.500. The van der Waals surface area contributed by atoms with E-state index in [0.717, 1.165) is 6.08 Å². The van der Waals surface area contributed by atoms with Crippen LogP contribution in [0.15, 0.2) is 12.7 Å². The van der Waals surface area contributed by atoms with Gasteiger partial charge < -0.3 is 25.2 Å². The fourth-order valence-corrected chi connectivity index (χ4v) is 0.457. The second-order valence-electron chi connectivity index (χ2n) is 2.92. The normalized spacial score (nSPS) is 8.71. The first-order chi connectivity index (χ1) is 10.9. The zero-order chi connectivity index (χ0) is 20.2. The first kappa shape index (κ1) is 30.5. The minimum atomic E-state index is -4.22. The minimum absolute atomic E-state index is 0.0833. The van der Waals surface area contributed by atoms with Crippen molar-refractivity contribution in [1.29, 1.82) is 0 Å². The number of carbonyl (C=O) groups is 3. The molecule has 0 aliphatic carbocycles. The van der Waals surface area contributed by atoms with E-state index in [1.54, 1.807) is 0 Å². The molecule has 0 bridgehead atoms. The third-order valence-corrected chi connectivity index (χ3v) is 1.84. The van der Waals surface area contributed by atoms with E-state index in [-0.39, 0.29) is 24.7 Å². The number of aliphatic hydroxyl groups is 2. The minimum Gasteiger partial charge on any atom is -0.481 e. The van der Waals surface area contributed by atoms with Gasteiger partial charge in [-0.05, 0) is 0 Å². The van der Waals surface area contributed by atoms with Gasteiger partial charge in [0.15, 0.2) is 0 Å². The van der Waals surface area contributed by atoms with Crippen LogP contribution in [0, 0.1) is 0 Å². The summed E-state index contributed by atoms with van der Waals surface area (Å²) in [4.78, 5) is 28.7. The van der Waals surface area contributed by atoms with Crippen LogP contribution in [0.1, 0.15) is 0 Å². The molecule has 0 spiro atoms. The molecule has 0 rings (SSSR count). The molecule has 144 valence electrons. The van der Waals surface area contributed by atoms with E-state index in [2.05, 4.69) is 36.6 Å². The van der Waals surface area contributed by atoms with Crippen LogP contribution in [0.3, 0.4) is 0 Å². The van der Waals surface area contributed by atoms with Crippen molar-refractivity contribution in [2.75, 3.05) is 30.7 Å². The van der Waals surface area contributed by atoms with Gasteiger partial charge in [-0.15, -0.1) is 0 Å². The van der Waals surface area contributed by atoms with Crippen molar-refractivity contribution in [2.24, 2.45) is 0 Å². The molecular formula is C10H20O11S3.